The summed E-state index contributed by atoms with van der Waals surface area (Å²) in [6.45, 7) is 1.41. The van der Waals surface area contributed by atoms with Crippen LogP contribution in [0, 0.1) is 6.92 Å². The van der Waals surface area contributed by atoms with Crippen LogP contribution in [0.5, 0.6) is 0 Å². The molecule has 0 aliphatic rings. The monoisotopic (exact) mass is 249 g/mol. The van der Waals surface area contributed by atoms with Crippen LogP contribution in [0.1, 0.15) is 33.7 Å². The van der Waals surface area contributed by atoms with Gasteiger partial charge in [0.2, 0.25) is 0 Å². The molecule has 1 aromatic heterocycles. The van der Waals surface area contributed by atoms with Crippen LogP contribution in [0.4, 0.5) is 8.78 Å². The van der Waals surface area contributed by atoms with Gasteiger partial charge in [-0.2, -0.15) is 0 Å². The number of halogens is 3. The van der Waals surface area contributed by atoms with E-state index in [-0.39, 0.29) is 28.4 Å². The minimum atomic E-state index is -2.66. The lowest BCUT2D eigenvalue weighted by Gasteiger charge is -2.10. The van der Waals surface area contributed by atoms with Crippen molar-refractivity contribution in [3.8, 4) is 0 Å². The molecule has 3 nitrogen and oxygen atoms in total. The molecular weight excluding hydrogens is 240 g/mol. The van der Waals surface area contributed by atoms with E-state index in [1.165, 1.54) is 20.1 Å². The van der Waals surface area contributed by atoms with Gasteiger partial charge in [-0.25, -0.2) is 18.6 Å². The molecule has 0 atom stereocenters. The van der Waals surface area contributed by atoms with Gasteiger partial charge in [0.05, 0.1) is 7.11 Å². The molecule has 1 rings (SSSR count). The third-order valence-corrected chi connectivity index (χ3v) is 2.38. The van der Waals surface area contributed by atoms with Crippen LogP contribution in [0.3, 0.4) is 0 Å². The van der Waals surface area contributed by atoms with Gasteiger partial charge in [0.1, 0.15) is 5.69 Å². The van der Waals surface area contributed by atoms with E-state index in [1.54, 1.807) is 0 Å². The van der Waals surface area contributed by atoms with E-state index in [0.717, 1.165) is 0 Å². The third-order valence-electron chi connectivity index (χ3n) is 2.09. The zero-order chi connectivity index (χ0) is 12.3. The van der Waals surface area contributed by atoms with Gasteiger partial charge < -0.3 is 4.74 Å². The average molecular weight is 250 g/mol. The second-order valence-electron chi connectivity index (χ2n) is 3.09. The fourth-order valence-electron chi connectivity index (χ4n) is 1.37. The van der Waals surface area contributed by atoms with E-state index in [0.29, 0.717) is 0 Å². The van der Waals surface area contributed by atoms with Crippen molar-refractivity contribution in [3.05, 3.63) is 28.6 Å². The Kier molecular flexibility index (Phi) is 4.18. The third kappa shape index (κ3) is 2.47. The Labute approximate surface area is 96.4 Å². The number of methoxy groups -OCH3 is 1. The first-order valence-corrected chi connectivity index (χ1v) is 4.97. The number of carbonyl (C=O) groups excluding carboxylic acids is 1. The minimum absolute atomic E-state index is 0.0138. The second-order valence-corrected chi connectivity index (χ2v) is 3.36. The van der Waals surface area contributed by atoms with E-state index in [4.69, 9.17) is 11.6 Å². The second kappa shape index (κ2) is 5.21. The molecule has 0 radical (unpaired) electrons. The van der Waals surface area contributed by atoms with Crippen LogP contribution in [0.25, 0.3) is 0 Å². The summed E-state index contributed by atoms with van der Waals surface area (Å²) >= 11 is 5.55. The van der Waals surface area contributed by atoms with Crippen molar-refractivity contribution >= 4 is 17.6 Å². The maximum atomic E-state index is 12.7. The summed E-state index contributed by atoms with van der Waals surface area (Å²) in [7, 11) is 1.20. The summed E-state index contributed by atoms with van der Waals surface area (Å²) in [5.74, 6) is -0.775. The normalized spacial score (nSPS) is 10.6. The summed E-state index contributed by atoms with van der Waals surface area (Å²) in [5, 5.41) is 0. The molecule has 6 heteroatoms. The molecule has 0 aliphatic carbocycles. The minimum Gasteiger partial charge on any atom is -0.464 e. The molecule has 1 heterocycles. The fraction of sp³-hybridized carbons (Fsp3) is 0.400. The molecule has 0 amide bonds. The predicted octanol–water partition coefficient (Wildman–Crippen LogP) is 2.85. The first-order valence-electron chi connectivity index (χ1n) is 4.44. The Morgan fingerprint density at radius 3 is 2.69 bits per heavy atom. The van der Waals surface area contributed by atoms with Crippen molar-refractivity contribution in [2.75, 3.05) is 7.11 Å². The smallest absolute Gasteiger partial charge is 0.356 e. The van der Waals surface area contributed by atoms with Crippen molar-refractivity contribution in [1.29, 1.82) is 0 Å². The molecule has 0 fully saturated rings. The molecule has 0 spiro atoms. The van der Waals surface area contributed by atoms with Crippen molar-refractivity contribution in [3.63, 3.8) is 0 Å². The van der Waals surface area contributed by atoms with E-state index >= 15 is 0 Å². The van der Waals surface area contributed by atoms with Crippen molar-refractivity contribution in [2.24, 2.45) is 0 Å². The van der Waals surface area contributed by atoms with Crippen molar-refractivity contribution < 1.29 is 18.3 Å². The summed E-state index contributed by atoms with van der Waals surface area (Å²) in [6, 6.07) is 1.23. The highest BCUT2D eigenvalue weighted by Crippen LogP contribution is 2.27. The Balaban J connectivity index is 3.32. The van der Waals surface area contributed by atoms with Gasteiger partial charge >= 0.3 is 5.97 Å². The highest BCUT2D eigenvalue weighted by Gasteiger charge is 2.20. The molecule has 0 bridgehead atoms. The molecule has 0 aromatic carbocycles. The maximum Gasteiger partial charge on any atom is 0.356 e. The lowest BCUT2D eigenvalue weighted by Crippen LogP contribution is -2.09. The van der Waals surface area contributed by atoms with Crippen molar-refractivity contribution in [1.82, 2.24) is 4.98 Å². The van der Waals surface area contributed by atoms with Gasteiger partial charge in [-0.3, -0.25) is 0 Å². The number of nitrogens with zero attached hydrogens (tertiary/aromatic N) is 1. The number of esters is 1. The number of hydrogen-bond acceptors (Lipinski definition) is 3. The summed E-state index contributed by atoms with van der Waals surface area (Å²) < 4.78 is 29.8. The number of aryl methyl sites for hydroxylation is 1. The molecule has 88 valence electrons. The molecule has 0 unspecified atom stereocenters. The summed E-state index contributed by atoms with van der Waals surface area (Å²) in [4.78, 5) is 15.0. The van der Waals surface area contributed by atoms with Crippen LogP contribution >= 0.6 is 11.6 Å². The molecule has 1 aromatic rings. The highest BCUT2D eigenvalue weighted by molar-refractivity contribution is 6.17. The SMILES string of the molecule is COC(=O)c1cc(CCl)c(C(F)F)c(C)n1. The molecule has 0 saturated carbocycles. The zero-order valence-corrected chi connectivity index (χ0v) is 9.52. The first kappa shape index (κ1) is 12.8. The Morgan fingerprint density at radius 1 is 1.62 bits per heavy atom. The number of aromatic nitrogens is 1. The van der Waals surface area contributed by atoms with Gasteiger partial charge in [0, 0.05) is 17.1 Å². The number of ether oxygens (including phenoxy) is 1. The predicted molar refractivity (Wildman–Crippen MR) is 54.8 cm³/mol. The van der Waals surface area contributed by atoms with E-state index < -0.39 is 12.4 Å². The fourth-order valence-corrected chi connectivity index (χ4v) is 1.59. The summed E-state index contributed by atoms with van der Waals surface area (Å²) in [5.41, 5.74) is 0.0563. The van der Waals surface area contributed by atoms with Gasteiger partial charge in [0.25, 0.3) is 6.43 Å². The highest BCUT2D eigenvalue weighted by atomic mass is 35.5. The maximum absolute atomic E-state index is 12.7. The topological polar surface area (TPSA) is 39.2 Å². The Bertz CT molecular complexity index is 410. The number of pyridine rings is 1. The van der Waals surface area contributed by atoms with Crippen LogP contribution < -0.4 is 0 Å². The van der Waals surface area contributed by atoms with Gasteiger partial charge in [-0.15, -0.1) is 11.6 Å². The van der Waals surface area contributed by atoms with E-state index in [1.807, 2.05) is 0 Å². The Morgan fingerprint density at radius 2 is 2.25 bits per heavy atom. The molecule has 0 N–H and O–H groups in total. The lowest BCUT2D eigenvalue weighted by atomic mass is 10.1. The largest absolute Gasteiger partial charge is 0.464 e. The number of rotatable bonds is 3. The summed E-state index contributed by atoms with van der Waals surface area (Å²) in [6.07, 6.45) is -2.66. The quantitative estimate of drug-likeness (QED) is 0.611. The number of alkyl halides is 3. The van der Waals surface area contributed by atoms with Crippen LogP contribution in [0.2, 0.25) is 0 Å². The van der Waals surface area contributed by atoms with Crippen LogP contribution in [-0.2, 0) is 10.6 Å². The van der Waals surface area contributed by atoms with E-state index in [2.05, 4.69) is 9.72 Å². The van der Waals surface area contributed by atoms with Crippen LogP contribution in [-0.4, -0.2) is 18.1 Å². The van der Waals surface area contributed by atoms with Gasteiger partial charge in [-0.1, -0.05) is 0 Å². The Hall–Kier alpha value is -1.23. The van der Waals surface area contributed by atoms with Crippen LogP contribution in [0.15, 0.2) is 6.07 Å². The average Bonchev–Trinajstić information content (AvgIpc) is 2.26. The molecule has 0 saturated heterocycles. The van der Waals surface area contributed by atoms with Gasteiger partial charge in [-0.05, 0) is 18.6 Å². The lowest BCUT2D eigenvalue weighted by molar-refractivity contribution is 0.0593. The number of carbonyl (C=O) groups is 1. The van der Waals surface area contributed by atoms with Gasteiger partial charge in [0.15, 0.2) is 0 Å². The zero-order valence-electron chi connectivity index (χ0n) is 8.76. The molecular formula is C10H10ClF2NO2. The standard InChI is InChI=1S/C10H10ClF2NO2/c1-5-8(9(12)13)6(4-11)3-7(14-5)10(15)16-2/h3,9H,4H2,1-2H3. The molecule has 16 heavy (non-hydrogen) atoms. The first-order chi connectivity index (χ1) is 7.51. The number of hydrogen-bond donors (Lipinski definition) is 0. The van der Waals surface area contributed by atoms with E-state index in [9.17, 15) is 13.6 Å². The van der Waals surface area contributed by atoms with Crippen molar-refractivity contribution in [2.45, 2.75) is 19.2 Å². The molecule has 0 aliphatic heterocycles.